The molecule has 1 N–H and O–H groups in total. The first-order valence-electron chi connectivity index (χ1n) is 10.2. The molecule has 4 aromatic rings. The molecule has 0 aliphatic carbocycles. The molecule has 0 atom stereocenters. The van der Waals surface area contributed by atoms with Crippen molar-refractivity contribution in [3.8, 4) is 10.6 Å². The zero-order valence-corrected chi connectivity index (χ0v) is 18.9. The molecule has 1 aliphatic rings. The number of thiophene rings is 1. The highest BCUT2D eigenvalue weighted by molar-refractivity contribution is 7.89. The number of hydrogen-bond acceptors (Lipinski definition) is 7. The van der Waals surface area contributed by atoms with E-state index in [-0.39, 0.29) is 10.6 Å². The highest BCUT2D eigenvalue weighted by Gasteiger charge is 2.27. The minimum atomic E-state index is -3.58. The lowest BCUT2D eigenvalue weighted by atomic mass is 10.1. The van der Waals surface area contributed by atoms with Crippen molar-refractivity contribution in [1.29, 1.82) is 0 Å². The van der Waals surface area contributed by atoms with Crippen LogP contribution in [0, 0.1) is 6.92 Å². The first-order chi connectivity index (χ1) is 15.4. The van der Waals surface area contributed by atoms with Crippen molar-refractivity contribution in [3.05, 3.63) is 59.1 Å². The van der Waals surface area contributed by atoms with Gasteiger partial charge in [0.25, 0.3) is 11.6 Å². The minimum Gasteiger partial charge on any atom is -0.335 e. The fraction of sp³-hybridized carbons (Fsp3) is 0.227. The summed E-state index contributed by atoms with van der Waals surface area (Å²) in [5.41, 5.74) is 2.21. The van der Waals surface area contributed by atoms with Crippen molar-refractivity contribution >= 4 is 44.1 Å². The van der Waals surface area contributed by atoms with Gasteiger partial charge in [-0.3, -0.25) is 4.79 Å². The zero-order valence-electron chi connectivity index (χ0n) is 17.2. The summed E-state index contributed by atoms with van der Waals surface area (Å²) in [5, 5.41) is 9.25. The van der Waals surface area contributed by atoms with Crippen LogP contribution in [0.5, 0.6) is 0 Å². The fourth-order valence-corrected chi connectivity index (χ4v) is 6.08. The Morgan fingerprint density at radius 1 is 1.16 bits per heavy atom. The second kappa shape index (κ2) is 8.12. The third-order valence-electron chi connectivity index (χ3n) is 5.43. The third kappa shape index (κ3) is 3.70. The molecule has 1 aromatic carbocycles. The molecule has 32 heavy (non-hydrogen) atoms. The quantitative estimate of drug-likeness (QED) is 0.468. The Hall–Kier alpha value is -3.08. The molecule has 0 bridgehead atoms. The zero-order chi connectivity index (χ0) is 22.3. The predicted octanol–water partition coefficient (Wildman–Crippen LogP) is 4.30. The van der Waals surface area contributed by atoms with E-state index in [4.69, 9.17) is 4.52 Å². The molecule has 0 spiro atoms. The van der Waals surface area contributed by atoms with Crippen LogP contribution < -0.4 is 5.32 Å². The summed E-state index contributed by atoms with van der Waals surface area (Å²) in [5.74, 6) is -0.391. The highest BCUT2D eigenvalue weighted by atomic mass is 32.2. The molecule has 0 saturated carbocycles. The van der Waals surface area contributed by atoms with Crippen LogP contribution in [0.25, 0.3) is 21.7 Å². The first kappa shape index (κ1) is 20.8. The van der Waals surface area contributed by atoms with E-state index in [0.29, 0.717) is 41.1 Å². The molecule has 10 heteroatoms. The van der Waals surface area contributed by atoms with Crippen LogP contribution in [0.2, 0.25) is 0 Å². The number of nitrogens with zero attached hydrogens (tertiary/aromatic N) is 3. The van der Waals surface area contributed by atoms with E-state index in [1.165, 1.54) is 21.7 Å². The van der Waals surface area contributed by atoms with Gasteiger partial charge in [-0.1, -0.05) is 17.3 Å². The van der Waals surface area contributed by atoms with Gasteiger partial charge in [-0.05, 0) is 55.5 Å². The highest BCUT2D eigenvalue weighted by Crippen LogP contribution is 2.30. The van der Waals surface area contributed by atoms with Gasteiger partial charge in [-0.15, -0.1) is 11.3 Å². The number of pyridine rings is 1. The Bertz CT molecular complexity index is 1410. The molecule has 4 heterocycles. The number of nitrogens with one attached hydrogen (secondary N) is 1. The number of carbonyl (C=O) groups excluding carboxylic acids is 1. The number of aryl methyl sites for hydroxylation is 1. The SMILES string of the molecule is Cc1noc2nc(-c3cccs3)cc(C(=O)Nc3cccc(S(=O)(=O)N4CCCC4)c3)c12. The summed E-state index contributed by atoms with van der Waals surface area (Å²) in [7, 11) is -3.58. The predicted molar refractivity (Wildman–Crippen MR) is 122 cm³/mol. The van der Waals surface area contributed by atoms with Crippen LogP contribution in [0.15, 0.2) is 57.3 Å². The van der Waals surface area contributed by atoms with Crippen molar-refractivity contribution in [3.63, 3.8) is 0 Å². The van der Waals surface area contributed by atoms with Crippen molar-refractivity contribution in [2.45, 2.75) is 24.7 Å². The van der Waals surface area contributed by atoms with Crippen molar-refractivity contribution in [2.24, 2.45) is 0 Å². The van der Waals surface area contributed by atoms with Crippen LogP contribution in [-0.4, -0.2) is 41.9 Å². The largest absolute Gasteiger partial charge is 0.335 e. The molecule has 0 unspecified atom stereocenters. The number of rotatable bonds is 5. The second-order valence-corrected chi connectivity index (χ2v) is 10.5. The maximum absolute atomic E-state index is 13.3. The van der Waals surface area contributed by atoms with Gasteiger partial charge in [0.2, 0.25) is 10.0 Å². The van der Waals surface area contributed by atoms with E-state index in [9.17, 15) is 13.2 Å². The normalized spacial score (nSPS) is 14.8. The molecule has 1 amide bonds. The van der Waals surface area contributed by atoms with Gasteiger partial charge in [0.15, 0.2) is 0 Å². The number of fused-ring (bicyclic) bond motifs is 1. The van der Waals surface area contributed by atoms with Gasteiger partial charge in [-0.25, -0.2) is 13.4 Å². The average Bonchev–Trinajstić information content (AvgIpc) is 3.56. The summed E-state index contributed by atoms with van der Waals surface area (Å²) in [6.07, 6.45) is 1.72. The molecule has 1 saturated heterocycles. The number of benzene rings is 1. The van der Waals surface area contributed by atoms with Crippen molar-refractivity contribution in [1.82, 2.24) is 14.4 Å². The molecule has 0 radical (unpaired) electrons. The van der Waals surface area contributed by atoms with Gasteiger partial charge < -0.3 is 9.84 Å². The topological polar surface area (TPSA) is 105 Å². The number of sulfonamides is 1. The van der Waals surface area contributed by atoms with E-state index < -0.39 is 15.9 Å². The number of carbonyl (C=O) groups is 1. The van der Waals surface area contributed by atoms with Gasteiger partial charge in [0.05, 0.1) is 32.1 Å². The van der Waals surface area contributed by atoms with Crippen LogP contribution in [0.3, 0.4) is 0 Å². The smallest absolute Gasteiger partial charge is 0.259 e. The molecule has 1 fully saturated rings. The first-order valence-corrected chi connectivity index (χ1v) is 12.5. The maximum atomic E-state index is 13.3. The lowest BCUT2D eigenvalue weighted by molar-refractivity contribution is 0.102. The summed E-state index contributed by atoms with van der Waals surface area (Å²) in [6, 6.07) is 11.9. The van der Waals surface area contributed by atoms with Gasteiger partial charge in [0.1, 0.15) is 0 Å². The molecular weight excluding hydrogens is 448 g/mol. The second-order valence-electron chi connectivity index (χ2n) is 7.57. The van der Waals surface area contributed by atoms with Crippen LogP contribution in [-0.2, 0) is 10.0 Å². The van der Waals surface area contributed by atoms with Crippen molar-refractivity contribution < 1.29 is 17.7 Å². The van der Waals surface area contributed by atoms with E-state index >= 15 is 0 Å². The lowest BCUT2D eigenvalue weighted by Crippen LogP contribution is -2.27. The molecule has 164 valence electrons. The van der Waals surface area contributed by atoms with Crippen LogP contribution in [0.4, 0.5) is 5.69 Å². The Kier molecular flexibility index (Phi) is 5.28. The summed E-state index contributed by atoms with van der Waals surface area (Å²) in [6.45, 7) is 2.79. The molecule has 1 aliphatic heterocycles. The monoisotopic (exact) mass is 468 g/mol. The van der Waals surface area contributed by atoms with E-state index in [2.05, 4.69) is 15.5 Å². The molecular formula is C22H20N4O4S2. The molecule has 5 rings (SSSR count). The summed E-state index contributed by atoms with van der Waals surface area (Å²) >= 11 is 1.50. The average molecular weight is 469 g/mol. The fourth-order valence-electron chi connectivity index (χ4n) is 3.83. The van der Waals surface area contributed by atoms with Gasteiger partial charge in [0, 0.05) is 18.8 Å². The maximum Gasteiger partial charge on any atom is 0.259 e. The number of anilines is 1. The van der Waals surface area contributed by atoms with E-state index in [1.54, 1.807) is 31.2 Å². The Balaban J connectivity index is 1.50. The third-order valence-corrected chi connectivity index (χ3v) is 8.22. The summed E-state index contributed by atoms with van der Waals surface area (Å²) in [4.78, 5) is 18.8. The minimum absolute atomic E-state index is 0.164. The number of aromatic nitrogens is 2. The van der Waals surface area contributed by atoms with Crippen LogP contribution >= 0.6 is 11.3 Å². The standard InChI is InChI=1S/C22H20N4O4S2/c1-14-20-17(13-18(19-8-5-11-31-19)24-22(20)30-25-14)21(27)23-15-6-4-7-16(12-15)32(28,29)26-9-2-3-10-26/h4-8,11-13H,2-3,9-10H2,1H3,(H,23,27). The Morgan fingerprint density at radius 2 is 1.97 bits per heavy atom. The van der Waals surface area contributed by atoms with E-state index in [0.717, 1.165) is 17.7 Å². The number of hydrogen-bond donors (Lipinski definition) is 1. The number of amides is 1. The van der Waals surface area contributed by atoms with Gasteiger partial charge >= 0.3 is 0 Å². The van der Waals surface area contributed by atoms with Crippen LogP contribution in [0.1, 0.15) is 28.9 Å². The van der Waals surface area contributed by atoms with E-state index in [1.807, 2.05) is 17.5 Å². The van der Waals surface area contributed by atoms with Gasteiger partial charge in [-0.2, -0.15) is 4.31 Å². The summed E-state index contributed by atoms with van der Waals surface area (Å²) < 4.78 is 32.6. The molecule has 3 aromatic heterocycles. The Morgan fingerprint density at radius 3 is 2.72 bits per heavy atom. The Labute approximate surface area is 188 Å². The molecule has 8 nitrogen and oxygen atoms in total. The lowest BCUT2D eigenvalue weighted by Gasteiger charge is -2.16. The van der Waals surface area contributed by atoms with Crippen molar-refractivity contribution in [2.75, 3.05) is 18.4 Å².